The van der Waals surface area contributed by atoms with Gasteiger partial charge in [-0.3, -0.25) is 0 Å². The lowest BCUT2D eigenvalue weighted by atomic mass is 9.99. The number of nitrogens with two attached hydrogens (primary N) is 1. The molecule has 0 atom stereocenters. The van der Waals surface area contributed by atoms with Crippen molar-refractivity contribution in [1.82, 2.24) is 9.97 Å². The lowest BCUT2D eigenvalue weighted by Gasteiger charge is -2.12. The maximum Gasteiger partial charge on any atom is 0.186 e. The van der Waals surface area contributed by atoms with Crippen LogP contribution >= 0.6 is 0 Å². The number of aromatic nitrogens is 2. The first-order chi connectivity index (χ1) is 6.20. The van der Waals surface area contributed by atoms with Crippen LogP contribution in [0.4, 0.5) is 10.2 Å². The number of anilines is 1. The Hall–Kier alpha value is -1.19. The van der Waals surface area contributed by atoms with Crippen molar-refractivity contribution in [1.29, 1.82) is 0 Å². The fraction of sp³-hybridized carbons (Fsp3) is 0.556. The summed E-state index contributed by atoms with van der Waals surface area (Å²) in [6.07, 6.45) is 3.04. The van der Waals surface area contributed by atoms with Crippen LogP contribution in [0.2, 0.25) is 0 Å². The van der Waals surface area contributed by atoms with Gasteiger partial charge in [0.05, 0.1) is 5.69 Å². The second-order valence-corrected chi connectivity index (χ2v) is 2.97. The number of hydrogen-bond acceptors (Lipinski definition) is 3. The number of nitrogen functional groups attached to an aromatic ring is 1. The Morgan fingerprint density at radius 3 is 2.54 bits per heavy atom. The third kappa shape index (κ3) is 1.94. The lowest BCUT2D eigenvalue weighted by Crippen LogP contribution is -2.07. The van der Waals surface area contributed by atoms with Crippen molar-refractivity contribution in [3.63, 3.8) is 0 Å². The van der Waals surface area contributed by atoms with Crippen molar-refractivity contribution < 1.29 is 4.39 Å². The number of nitrogens with zero attached hydrogens (tertiary/aromatic N) is 2. The molecule has 1 rings (SSSR count). The molecule has 13 heavy (non-hydrogen) atoms. The summed E-state index contributed by atoms with van der Waals surface area (Å²) >= 11 is 0. The Bertz CT molecular complexity index is 284. The molecule has 0 amide bonds. The van der Waals surface area contributed by atoms with E-state index in [1.807, 2.05) is 13.8 Å². The Kier molecular flexibility index (Phi) is 3.17. The summed E-state index contributed by atoms with van der Waals surface area (Å²) in [4.78, 5) is 7.50. The van der Waals surface area contributed by atoms with E-state index in [4.69, 9.17) is 5.73 Å². The molecule has 0 unspecified atom stereocenters. The summed E-state index contributed by atoms with van der Waals surface area (Å²) in [6, 6.07) is 0. The Morgan fingerprint density at radius 1 is 1.38 bits per heavy atom. The summed E-state index contributed by atoms with van der Waals surface area (Å²) in [5.41, 5.74) is 5.78. The largest absolute Gasteiger partial charge is 0.381 e. The highest BCUT2D eigenvalue weighted by atomic mass is 19.1. The minimum atomic E-state index is -0.462. The zero-order chi connectivity index (χ0) is 9.84. The number of rotatable bonds is 3. The molecule has 0 fully saturated rings. The molecule has 0 saturated heterocycles. The van der Waals surface area contributed by atoms with Gasteiger partial charge in [-0.15, -0.1) is 0 Å². The summed E-state index contributed by atoms with van der Waals surface area (Å²) in [5, 5.41) is 0. The van der Waals surface area contributed by atoms with Crippen LogP contribution < -0.4 is 5.73 Å². The van der Waals surface area contributed by atoms with Crippen LogP contribution in [0.3, 0.4) is 0 Å². The van der Waals surface area contributed by atoms with Crippen molar-refractivity contribution in [3.05, 3.63) is 17.8 Å². The third-order valence-corrected chi connectivity index (χ3v) is 2.22. The number of hydrogen-bond donors (Lipinski definition) is 1. The van der Waals surface area contributed by atoms with Gasteiger partial charge in [-0.2, -0.15) is 0 Å². The summed E-state index contributed by atoms with van der Waals surface area (Å²) in [7, 11) is 0. The SMILES string of the molecule is CCC(CC)c1ncnc(N)c1F. The van der Waals surface area contributed by atoms with Crippen molar-refractivity contribution in [2.75, 3.05) is 5.73 Å². The van der Waals surface area contributed by atoms with Crippen molar-refractivity contribution >= 4 is 5.82 Å². The van der Waals surface area contributed by atoms with Crippen LogP contribution in [0.15, 0.2) is 6.33 Å². The topological polar surface area (TPSA) is 51.8 Å². The van der Waals surface area contributed by atoms with E-state index in [0.717, 1.165) is 12.8 Å². The first kappa shape index (κ1) is 9.89. The van der Waals surface area contributed by atoms with Gasteiger partial charge in [-0.05, 0) is 12.8 Å². The molecule has 0 bridgehead atoms. The van der Waals surface area contributed by atoms with Gasteiger partial charge in [0.1, 0.15) is 6.33 Å². The Balaban J connectivity index is 3.05. The zero-order valence-corrected chi connectivity index (χ0v) is 7.92. The maximum absolute atomic E-state index is 13.4. The van der Waals surface area contributed by atoms with Gasteiger partial charge in [-0.25, -0.2) is 14.4 Å². The fourth-order valence-corrected chi connectivity index (χ4v) is 1.36. The van der Waals surface area contributed by atoms with Gasteiger partial charge in [0.15, 0.2) is 11.6 Å². The molecule has 0 aliphatic carbocycles. The van der Waals surface area contributed by atoms with E-state index in [-0.39, 0.29) is 11.7 Å². The maximum atomic E-state index is 13.4. The first-order valence-electron chi connectivity index (χ1n) is 4.46. The third-order valence-electron chi connectivity index (χ3n) is 2.22. The van der Waals surface area contributed by atoms with Gasteiger partial charge in [0, 0.05) is 5.92 Å². The molecule has 0 spiro atoms. The van der Waals surface area contributed by atoms with Crippen LogP contribution in [-0.4, -0.2) is 9.97 Å². The molecule has 0 aromatic carbocycles. The van der Waals surface area contributed by atoms with E-state index < -0.39 is 5.82 Å². The second-order valence-electron chi connectivity index (χ2n) is 2.97. The molecule has 0 saturated carbocycles. The quantitative estimate of drug-likeness (QED) is 0.780. The van der Waals surface area contributed by atoms with E-state index in [9.17, 15) is 4.39 Å². The standard InChI is InChI=1S/C9H14FN3/c1-3-6(4-2)8-7(10)9(11)13-5-12-8/h5-6H,3-4H2,1-2H3,(H2,11,12,13). The summed E-state index contributed by atoms with van der Waals surface area (Å²) in [6.45, 7) is 4.01. The molecule has 1 heterocycles. The van der Waals surface area contributed by atoms with Crippen LogP contribution in [-0.2, 0) is 0 Å². The molecule has 72 valence electrons. The molecule has 0 radical (unpaired) electrons. The van der Waals surface area contributed by atoms with Gasteiger partial charge < -0.3 is 5.73 Å². The van der Waals surface area contributed by atoms with Crippen LogP contribution in [0.1, 0.15) is 38.3 Å². The van der Waals surface area contributed by atoms with Crippen molar-refractivity contribution in [2.45, 2.75) is 32.6 Å². The number of halogens is 1. The Morgan fingerprint density at radius 2 is 2.00 bits per heavy atom. The minimum absolute atomic E-state index is 0.0584. The molecule has 1 aromatic rings. The second kappa shape index (κ2) is 4.16. The lowest BCUT2D eigenvalue weighted by molar-refractivity contribution is 0.539. The molecule has 1 aromatic heterocycles. The zero-order valence-electron chi connectivity index (χ0n) is 7.92. The minimum Gasteiger partial charge on any atom is -0.381 e. The van der Waals surface area contributed by atoms with E-state index in [0.29, 0.717) is 5.69 Å². The van der Waals surface area contributed by atoms with Gasteiger partial charge in [0.2, 0.25) is 0 Å². The summed E-state index contributed by atoms with van der Waals surface area (Å²) < 4.78 is 13.4. The normalized spacial score (nSPS) is 10.8. The average molecular weight is 183 g/mol. The highest BCUT2D eigenvalue weighted by Crippen LogP contribution is 2.24. The van der Waals surface area contributed by atoms with E-state index >= 15 is 0 Å². The van der Waals surface area contributed by atoms with E-state index in [2.05, 4.69) is 9.97 Å². The highest BCUT2D eigenvalue weighted by molar-refractivity contribution is 5.32. The first-order valence-corrected chi connectivity index (χ1v) is 4.46. The molecule has 4 heteroatoms. The molecular formula is C9H14FN3. The highest BCUT2D eigenvalue weighted by Gasteiger charge is 2.15. The van der Waals surface area contributed by atoms with Crippen LogP contribution in [0, 0.1) is 5.82 Å². The van der Waals surface area contributed by atoms with E-state index in [1.54, 1.807) is 0 Å². The Labute approximate surface area is 77.2 Å². The van der Waals surface area contributed by atoms with Gasteiger partial charge >= 0.3 is 0 Å². The molecule has 2 N–H and O–H groups in total. The van der Waals surface area contributed by atoms with Crippen molar-refractivity contribution in [2.24, 2.45) is 0 Å². The summed E-state index contributed by atoms with van der Waals surface area (Å²) in [5.74, 6) is -0.376. The smallest absolute Gasteiger partial charge is 0.186 e. The fourth-order valence-electron chi connectivity index (χ4n) is 1.36. The average Bonchev–Trinajstić information content (AvgIpc) is 2.14. The molecule has 0 aliphatic heterocycles. The van der Waals surface area contributed by atoms with Crippen LogP contribution in [0.25, 0.3) is 0 Å². The molecule has 3 nitrogen and oxygen atoms in total. The van der Waals surface area contributed by atoms with Gasteiger partial charge in [-0.1, -0.05) is 13.8 Å². The van der Waals surface area contributed by atoms with E-state index in [1.165, 1.54) is 6.33 Å². The van der Waals surface area contributed by atoms with Crippen LogP contribution in [0.5, 0.6) is 0 Å². The predicted octanol–water partition coefficient (Wildman–Crippen LogP) is 2.10. The monoisotopic (exact) mass is 183 g/mol. The molecule has 0 aliphatic rings. The van der Waals surface area contributed by atoms with Crippen molar-refractivity contribution in [3.8, 4) is 0 Å². The van der Waals surface area contributed by atoms with Gasteiger partial charge in [0.25, 0.3) is 0 Å². The predicted molar refractivity (Wildman–Crippen MR) is 49.7 cm³/mol. The molecular weight excluding hydrogens is 169 g/mol.